The van der Waals surface area contributed by atoms with Crippen LogP contribution in [-0.2, 0) is 6.42 Å². The highest BCUT2D eigenvalue weighted by molar-refractivity contribution is 5.25. The lowest BCUT2D eigenvalue weighted by Gasteiger charge is -2.38. The van der Waals surface area contributed by atoms with Crippen LogP contribution in [0.25, 0.3) is 0 Å². The van der Waals surface area contributed by atoms with Gasteiger partial charge in [0.25, 0.3) is 0 Å². The van der Waals surface area contributed by atoms with Crippen molar-refractivity contribution < 1.29 is 4.42 Å². The van der Waals surface area contributed by atoms with Gasteiger partial charge in [-0.3, -0.25) is 4.90 Å². The van der Waals surface area contributed by atoms with Crippen molar-refractivity contribution in [2.75, 3.05) is 19.6 Å². The summed E-state index contributed by atoms with van der Waals surface area (Å²) in [5.41, 5.74) is 7.29. The summed E-state index contributed by atoms with van der Waals surface area (Å²) in [4.78, 5) is 2.64. The number of hydrogen-bond donors (Lipinski definition) is 1. The zero-order valence-electron chi connectivity index (χ0n) is 10.4. The molecule has 0 aromatic carbocycles. The Labute approximate surface area is 103 Å². The highest BCUT2D eigenvalue weighted by Gasteiger charge is 2.32. The minimum atomic E-state index is 0.561. The molecule has 1 fully saturated rings. The van der Waals surface area contributed by atoms with Crippen LogP contribution < -0.4 is 5.73 Å². The van der Waals surface area contributed by atoms with Crippen molar-refractivity contribution in [2.45, 2.75) is 38.1 Å². The van der Waals surface area contributed by atoms with Gasteiger partial charge in [0, 0.05) is 18.0 Å². The minimum Gasteiger partial charge on any atom is -0.469 e. The van der Waals surface area contributed by atoms with Crippen LogP contribution in [-0.4, -0.2) is 24.5 Å². The molecular formula is C14H22N2O. The van der Waals surface area contributed by atoms with Gasteiger partial charge in [-0.05, 0) is 50.9 Å². The molecule has 1 aliphatic heterocycles. The van der Waals surface area contributed by atoms with Crippen molar-refractivity contribution in [1.82, 2.24) is 4.90 Å². The molecule has 0 saturated carbocycles. The summed E-state index contributed by atoms with van der Waals surface area (Å²) in [5, 5.41) is 0. The molecule has 1 aromatic heterocycles. The van der Waals surface area contributed by atoms with E-state index in [-0.39, 0.29) is 0 Å². The Morgan fingerprint density at radius 3 is 2.88 bits per heavy atom. The Morgan fingerprint density at radius 2 is 2.12 bits per heavy atom. The molecule has 2 atom stereocenters. The number of hydrogen-bond acceptors (Lipinski definition) is 3. The molecule has 1 aromatic rings. The van der Waals surface area contributed by atoms with Crippen molar-refractivity contribution in [1.29, 1.82) is 0 Å². The number of furan rings is 1. The van der Waals surface area contributed by atoms with E-state index in [1.54, 1.807) is 0 Å². The van der Waals surface area contributed by atoms with Gasteiger partial charge >= 0.3 is 0 Å². The first kappa shape index (κ1) is 11.3. The van der Waals surface area contributed by atoms with Gasteiger partial charge in [0.15, 0.2) is 0 Å². The summed E-state index contributed by atoms with van der Waals surface area (Å²) in [5.74, 6) is 1.78. The third-order valence-corrected chi connectivity index (χ3v) is 4.33. The largest absolute Gasteiger partial charge is 0.469 e. The summed E-state index contributed by atoms with van der Waals surface area (Å²) in [6, 6.07) is 2.73. The Hall–Kier alpha value is -0.800. The molecule has 3 rings (SSSR count). The van der Waals surface area contributed by atoms with E-state index in [9.17, 15) is 0 Å². The molecular weight excluding hydrogens is 212 g/mol. The van der Waals surface area contributed by atoms with Crippen LogP contribution in [0.3, 0.4) is 0 Å². The second-order valence-corrected chi connectivity index (χ2v) is 5.45. The smallest absolute Gasteiger partial charge is 0.108 e. The van der Waals surface area contributed by atoms with E-state index in [4.69, 9.17) is 10.2 Å². The fourth-order valence-corrected chi connectivity index (χ4v) is 3.36. The van der Waals surface area contributed by atoms with Crippen molar-refractivity contribution in [3.63, 3.8) is 0 Å². The minimum absolute atomic E-state index is 0.561. The number of rotatable bonds is 2. The summed E-state index contributed by atoms with van der Waals surface area (Å²) in [6.07, 6.45) is 8.17. The van der Waals surface area contributed by atoms with Crippen molar-refractivity contribution >= 4 is 0 Å². The Balaban J connectivity index is 1.83. The van der Waals surface area contributed by atoms with Crippen molar-refractivity contribution in [3.05, 3.63) is 23.7 Å². The van der Waals surface area contributed by atoms with Crippen LogP contribution in [0.5, 0.6) is 0 Å². The van der Waals surface area contributed by atoms with Crippen LogP contribution >= 0.6 is 0 Å². The van der Waals surface area contributed by atoms with Crippen LogP contribution in [0.4, 0.5) is 0 Å². The summed E-state index contributed by atoms with van der Waals surface area (Å²) < 4.78 is 5.63. The molecule has 2 heterocycles. The topological polar surface area (TPSA) is 42.4 Å². The lowest BCUT2D eigenvalue weighted by Crippen LogP contribution is -2.38. The molecule has 1 saturated heterocycles. The molecule has 3 nitrogen and oxygen atoms in total. The van der Waals surface area contributed by atoms with Crippen LogP contribution in [0.2, 0.25) is 0 Å². The van der Waals surface area contributed by atoms with E-state index in [1.165, 1.54) is 50.1 Å². The first-order valence-electron chi connectivity index (χ1n) is 6.89. The van der Waals surface area contributed by atoms with Gasteiger partial charge in [-0.25, -0.2) is 0 Å². The molecule has 2 aliphatic rings. The van der Waals surface area contributed by atoms with Crippen molar-refractivity contribution in [3.8, 4) is 0 Å². The molecule has 2 N–H and O–H groups in total. The van der Waals surface area contributed by atoms with Crippen LogP contribution in [0.15, 0.2) is 16.7 Å². The van der Waals surface area contributed by atoms with Gasteiger partial charge in [0.2, 0.25) is 0 Å². The Bertz CT molecular complexity index is 368. The quantitative estimate of drug-likeness (QED) is 0.854. The number of fused-ring (bicyclic) bond motifs is 1. The van der Waals surface area contributed by atoms with E-state index in [0.29, 0.717) is 12.0 Å². The van der Waals surface area contributed by atoms with Gasteiger partial charge in [-0.1, -0.05) is 6.42 Å². The third kappa shape index (κ3) is 2.14. The highest BCUT2D eigenvalue weighted by atomic mass is 16.3. The number of nitrogens with zero attached hydrogens (tertiary/aromatic N) is 1. The van der Waals surface area contributed by atoms with Gasteiger partial charge < -0.3 is 10.2 Å². The fourth-order valence-electron chi connectivity index (χ4n) is 3.36. The molecule has 94 valence electrons. The van der Waals surface area contributed by atoms with Gasteiger partial charge in [-0.15, -0.1) is 0 Å². The predicted octanol–water partition coefficient (Wildman–Crippen LogP) is 2.33. The maximum Gasteiger partial charge on any atom is 0.108 e. The zero-order valence-corrected chi connectivity index (χ0v) is 10.4. The number of likely N-dealkylation sites (tertiary alicyclic amines) is 1. The van der Waals surface area contributed by atoms with Crippen molar-refractivity contribution in [2.24, 2.45) is 11.7 Å². The molecule has 0 radical (unpaired) electrons. The zero-order chi connectivity index (χ0) is 11.7. The monoisotopic (exact) mass is 234 g/mol. The highest BCUT2D eigenvalue weighted by Crippen LogP contribution is 2.38. The van der Waals surface area contributed by atoms with Crippen LogP contribution in [0.1, 0.15) is 43.0 Å². The SMILES string of the molecule is NCC1Cc2occc2C(N2CCCCC2)C1. The molecule has 1 aliphatic carbocycles. The molecule has 17 heavy (non-hydrogen) atoms. The lowest BCUT2D eigenvalue weighted by molar-refractivity contribution is 0.129. The fraction of sp³-hybridized carbons (Fsp3) is 0.714. The third-order valence-electron chi connectivity index (χ3n) is 4.33. The summed E-state index contributed by atoms with van der Waals surface area (Å²) in [6.45, 7) is 3.27. The maximum absolute atomic E-state index is 5.86. The van der Waals surface area contributed by atoms with E-state index in [2.05, 4.69) is 11.0 Å². The first-order valence-corrected chi connectivity index (χ1v) is 6.89. The standard InChI is InChI=1S/C14H22N2O/c15-10-11-8-13(16-5-2-1-3-6-16)12-4-7-17-14(12)9-11/h4,7,11,13H,1-3,5-6,8-10,15H2. The molecule has 3 heteroatoms. The summed E-state index contributed by atoms with van der Waals surface area (Å²) in [7, 11) is 0. The molecule has 2 unspecified atom stereocenters. The number of nitrogens with two attached hydrogens (primary N) is 1. The molecule has 0 spiro atoms. The first-order chi connectivity index (χ1) is 8.38. The maximum atomic E-state index is 5.86. The Morgan fingerprint density at radius 1 is 1.29 bits per heavy atom. The van der Waals surface area contributed by atoms with E-state index in [1.807, 2.05) is 6.26 Å². The number of piperidine rings is 1. The average molecular weight is 234 g/mol. The summed E-state index contributed by atoms with van der Waals surface area (Å²) >= 11 is 0. The van der Waals surface area contributed by atoms with E-state index >= 15 is 0 Å². The lowest BCUT2D eigenvalue weighted by atomic mass is 9.83. The van der Waals surface area contributed by atoms with Crippen LogP contribution in [0, 0.1) is 5.92 Å². The molecule has 0 bridgehead atoms. The second kappa shape index (κ2) is 4.83. The van der Waals surface area contributed by atoms with E-state index in [0.717, 1.165) is 13.0 Å². The molecule has 0 amide bonds. The second-order valence-electron chi connectivity index (χ2n) is 5.45. The van der Waals surface area contributed by atoms with Gasteiger partial charge in [0.05, 0.1) is 6.26 Å². The normalized spacial score (nSPS) is 30.2. The average Bonchev–Trinajstić information content (AvgIpc) is 2.86. The Kier molecular flexibility index (Phi) is 3.21. The predicted molar refractivity (Wildman–Crippen MR) is 67.7 cm³/mol. The van der Waals surface area contributed by atoms with E-state index < -0.39 is 0 Å². The van der Waals surface area contributed by atoms with Gasteiger partial charge in [0.1, 0.15) is 5.76 Å². The van der Waals surface area contributed by atoms with Gasteiger partial charge in [-0.2, -0.15) is 0 Å².